The van der Waals surface area contributed by atoms with Gasteiger partial charge in [-0.05, 0) is 37.5 Å². The SMILES string of the molecule is CCC1(C(=O)O)CCCN1C(=O)c1cccc(N)c1. The number of nitrogens with two attached hydrogens (primary N) is 1. The maximum absolute atomic E-state index is 12.5. The van der Waals surface area contributed by atoms with E-state index in [1.807, 2.05) is 0 Å². The number of carboxylic acid groups (broad SMARTS) is 1. The number of hydrogen-bond acceptors (Lipinski definition) is 3. The van der Waals surface area contributed by atoms with Crippen molar-refractivity contribution >= 4 is 17.6 Å². The third kappa shape index (κ3) is 2.16. The molecule has 5 heteroatoms. The van der Waals surface area contributed by atoms with Crippen molar-refractivity contribution in [2.75, 3.05) is 12.3 Å². The monoisotopic (exact) mass is 262 g/mol. The Morgan fingerprint density at radius 3 is 2.79 bits per heavy atom. The van der Waals surface area contributed by atoms with E-state index in [0.717, 1.165) is 0 Å². The summed E-state index contributed by atoms with van der Waals surface area (Å²) >= 11 is 0. The van der Waals surface area contributed by atoms with Crippen LogP contribution >= 0.6 is 0 Å². The molecule has 1 aromatic rings. The van der Waals surface area contributed by atoms with Crippen LogP contribution in [0.25, 0.3) is 0 Å². The second-order valence-electron chi connectivity index (χ2n) is 4.88. The number of carboxylic acids is 1. The lowest BCUT2D eigenvalue weighted by Gasteiger charge is -2.34. The first kappa shape index (κ1) is 13.4. The van der Waals surface area contributed by atoms with Crippen molar-refractivity contribution in [3.63, 3.8) is 0 Å². The second-order valence-corrected chi connectivity index (χ2v) is 4.88. The van der Waals surface area contributed by atoms with Crippen LogP contribution in [0.15, 0.2) is 24.3 Å². The number of aliphatic carboxylic acids is 1. The summed E-state index contributed by atoms with van der Waals surface area (Å²) in [6.45, 7) is 2.28. The smallest absolute Gasteiger partial charge is 0.329 e. The predicted molar refractivity (Wildman–Crippen MR) is 71.8 cm³/mol. The number of anilines is 1. The zero-order valence-corrected chi connectivity index (χ0v) is 10.9. The van der Waals surface area contributed by atoms with E-state index >= 15 is 0 Å². The van der Waals surface area contributed by atoms with Crippen LogP contribution in [0.1, 0.15) is 36.5 Å². The van der Waals surface area contributed by atoms with E-state index in [4.69, 9.17) is 5.73 Å². The van der Waals surface area contributed by atoms with Crippen LogP contribution in [0.4, 0.5) is 5.69 Å². The van der Waals surface area contributed by atoms with E-state index in [9.17, 15) is 14.7 Å². The average molecular weight is 262 g/mol. The Labute approximate surface area is 112 Å². The minimum Gasteiger partial charge on any atom is -0.479 e. The Morgan fingerprint density at radius 2 is 2.21 bits per heavy atom. The van der Waals surface area contributed by atoms with Crippen molar-refractivity contribution in [1.29, 1.82) is 0 Å². The summed E-state index contributed by atoms with van der Waals surface area (Å²) in [5.74, 6) is -1.18. The van der Waals surface area contributed by atoms with Crippen molar-refractivity contribution in [3.8, 4) is 0 Å². The standard InChI is InChI=1S/C14H18N2O3/c1-2-14(13(18)19)7-4-8-16(14)12(17)10-5-3-6-11(15)9-10/h3,5-6,9H,2,4,7-8,15H2,1H3,(H,18,19). The topological polar surface area (TPSA) is 83.6 Å². The van der Waals surface area contributed by atoms with Crippen molar-refractivity contribution in [2.24, 2.45) is 0 Å². The van der Waals surface area contributed by atoms with Crippen LogP contribution in [-0.2, 0) is 4.79 Å². The Balaban J connectivity index is 2.35. The Hall–Kier alpha value is -2.04. The first-order valence-corrected chi connectivity index (χ1v) is 6.42. The molecule has 0 aliphatic carbocycles. The lowest BCUT2D eigenvalue weighted by Crippen LogP contribution is -2.52. The van der Waals surface area contributed by atoms with Gasteiger partial charge < -0.3 is 15.7 Å². The Kier molecular flexibility index (Phi) is 3.46. The highest BCUT2D eigenvalue weighted by molar-refractivity contribution is 5.98. The summed E-state index contributed by atoms with van der Waals surface area (Å²) in [5, 5.41) is 9.47. The van der Waals surface area contributed by atoms with E-state index in [0.29, 0.717) is 37.1 Å². The fourth-order valence-corrected chi connectivity index (χ4v) is 2.74. The van der Waals surface area contributed by atoms with Crippen LogP contribution in [0, 0.1) is 0 Å². The van der Waals surface area contributed by atoms with Crippen LogP contribution in [0.3, 0.4) is 0 Å². The molecule has 1 amide bonds. The fraction of sp³-hybridized carbons (Fsp3) is 0.429. The van der Waals surface area contributed by atoms with Gasteiger partial charge in [-0.3, -0.25) is 4.79 Å². The number of likely N-dealkylation sites (tertiary alicyclic amines) is 1. The van der Waals surface area contributed by atoms with E-state index < -0.39 is 11.5 Å². The van der Waals surface area contributed by atoms with Gasteiger partial charge in [0.15, 0.2) is 0 Å². The van der Waals surface area contributed by atoms with Crippen LogP contribution in [0.5, 0.6) is 0 Å². The second kappa shape index (κ2) is 4.91. The number of nitrogen functional groups attached to an aromatic ring is 1. The number of hydrogen-bond donors (Lipinski definition) is 2. The third-order valence-electron chi connectivity index (χ3n) is 3.85. The molecule has 1 saturated heterocycles. The highest BCUT2D eigenvalue weighted by Crippen LogP contribution is 2.34. The van der Waals surface area contributed by atoms with Gasteiger partial charge in [0.2, 0.25) is 0 Å². The van der Waals surface area contributed by atoms with Crippen molar-refractivity contribution in [2.45, 2.75) is 31.7 Å². The van der Waals surface area contributed by atoms with Crippen molar-refractivity contribution < 1.29 is 14.7 Å². The van der Waals surface area contributed by atoms with Crippen molar-refractivity contribution in [3.05, 3.63) is 29.8 Å². The third-order valence-corrected chi connectivity index (χ3v) is 3.85. The molecule has 1 aliphatic heterocycles. The molecule has 1 atom stereocenters. The lowest BCUT2D eigenvalue weighted by molar-refractivity contribution is -0.148. The molecule has 2 rings (SSSR count). The van der Waals surface area contributed by atoms with E-state index in [2.05, 4.69) is 0 Å². The summed E-state index contributed by atoms with van der Waals surface area (Å²) in [6, 6.07) is 6.65. The van der Waals surface area contributed by atoms with Gasteiger partial charge in [-0.1, -0.05) is 13.0 Å². The molecule has 5 nitrogen and oxygen atoms in total. The van der Waals surface area contributed by atoms with Crippen LogP contribution < -0.4 is 5.73 Å². The molecular formula is C14H18N2O3. The van der Waals surface area contributed by atoms with Gasteiger partial charge in [-0.25, -0.2) is 4.79 Å². The molecule has 1 fully saturated rings. The first-order chi connectivity index (χ1) is 9.01. The minimum atomic E-state index is -1.07. The molecule has 0 saturated carbocycles. The normalized spacial score (nSPS) is 22.5. The quantitative estimate of drug-likeness (QED) is 0.813. The van der Waals surface area contributed by atoms with Gasteiger partial charge in [0.05, 0.1) is 0 Å². The summed E-state index contributed by atoms with van der Waals surface area (Å²) in [7, 11) is 0. The zero-order chi connectivity index (χ0) is 14.0. The van der Waals surface area contributed by atoms with E-state index in [1.165, 1.54) is 4.90 Å². The molecular weight excluding hydrogens is 244 g/mol. The van der Waals surface area contributed by atoms with Crippen molar-refractivity contribution in [1.82, 2.24) is 4.90 Å². The highest BCUT2D eigenvalue weighted by atomic mass is 16.4. The summed E-state index contributed by atoms with van der Waals surface area (Å²) in [4.78, 5) is 25.5. The lowest BCUT2D eigenvalue weighted by atomic mass is 9.92. The molecule has 1 aromatic carbocycles. The maximum atomic E-state index is 12.5. The largest absolute Gasteiger partial charge is 0.479 e. The molecule has 0 aromatic heterocycles. The van der Waals surface area contributed by atoms with Gasteiger partial charge in [0.1, 0.15) is 5.54 Å². The maximum Gasteiger partial charge on any atom is 0.329 e. The average Bonchev–Trinajstić information content (AvgIpc) is 2.82. The van der Waals surface area contributed by atoms with Gasteiger partial charge in [-0.2, -0.15) is 0 Å². The van der Waals surface area contributed by atoms with E-state index in [1.54, 1.807) is 31.2 Å². The van der Waals surface area contributed by atoms with Gasteiger partial charge in [-0.15, -0.1) is 0 Å². The first-order valence-electron chi connectivity index (χ1n) is 6.42. The molecule has 0 spiro atoms. The van der Waals surface area contributed by atoms with Gasteiger partial charge in [0.25, 0.3) is 5.91 Å². The zero-order valence-electron chi connectivity index (χ0n) is 10.9. The summed E-state index contributed by atoms with van der Waals surface area (Å²) in [6.07, 6.45) is 1.64. The minimum absolute atomic E-state index is 0.256. The fourth-order valence-electron chi connectivity index (χ4n) is 2.74. The highest BCUT2D eigenvalue weighted by Gasteiger charge is 2.48. The molecule has 1 heterocycles. The Morgan fingerprint density at radius 1 is 1.47 bits per heavy atom. The van der Waals surface area contributed by atoms with Crippen LogP contribution in [-0.4, -0.2) is 34.0 Å². The number of rotatable bonds is 3. The molecule has 1 unspecified atom stereocenters. The molecule has 1 aliphatic rings. The number of carbonyl (C=O) groups is 2. The van der Waals surface area contributed by atoms with Gasteiger partial charge in [0, 0.05) is 17.8 Å². The number of benzene rings is 1. The molecule has 102 valence electrons. The summed E-state index contributed by atoms with van der Waals surface area (Å²) < 4.78 is 0. The predicted octanol–water partition coefficient (Wildman–Crippen LogP) is 1.74. The molecule has 3 N–H and O–H groups in total. The number of amides is 1. The molecule has 0 radical (unpaired) electrons. The van der Waals surface area contributed by atoms with Gasteiger partial charge >= 0.3 is 5.97 Å². The van der Waals surface area contributed by atoms with E-state index in [-0.39, 0.29) is 5.91 Å². The van der Waals surface area contributed by atoms with Crippen LogP contribution in [0.2, 0.25) is 0 Å². The molecule has 19 heavy (non-hydrogen) atoms. The number of carbonyl (C=O) groups excluding carboxylic acids is 1. The molecule has 0 bridgehead atoms. The summed E-state index contributed by atoms with van der Waals surface area (Å²) in [5.41, 5.74) is 5.55. The number of nitrogens with zero attached hydrogens (tertiary/aromatic N) is 1. The Bertz CT molecular complexity index is 515.